The SMILES string of the molecule is CCOC(=O)C(C(C)=O)C(c1ccccc1[N+](=O)[O-])C1(C(=O)OC)SCCS1. The molecule has 0 bridgehead atoms. The van der Waals surface area contributed by atoms with E-state index in [0.29, 0.717) is 11.5 Å². The molecule has 10 heteroatoms. The summed E-state index contributed by atoms with van der Waals surface area (Å²) < 4.78 is 8.71. The predicted octanol–water partition coefficient (Wildman–Crippen LogP) is 2.80. The molecule has 0 aromatic heterocycles. The third-order valence-electron chi connectivity index (χ3n) is 4.38. The normalized spacial score (nSPS) is 17.4. The zero-order valence-electron chi connectivity index (χ0n) is 15.7. The summed E-state index contributed by atoms with van der Waals surface area (Å²) in [6.45, 7) is 2.86. The minimum atomic E-state index is -1.38. The molecule has 2 unspecified atom stereocenters. The number of thioether (sulfide) groups is 2. The van der Waals surface area contributed by atoms with Gasteiger partial charge in [0.1, 0.15) is 11.7 Å². The van der Waals surface area contributed by atoms with Crippen LogP contribution in [0.1, 0.15) is 25.3 Å². The summed E-state index contributed by atoms with van der Waals surface area (Å²) in [5.74, 6) is -3.32. The number of methoxy groups -OCH3 is 1. The molecule has 0 aliphatic carbocycles. The first-order valence-corrected chi connectivity index (χ1v) is 10.5. The number of benzene rings is 1. The van der Waals surface area contributed by atoms with Crippen molar-refractivity contribution in [2.75, 3.05) is 25.2 Å². The number of carbonyl (C=O) groups is 3. The maximum absolute atomic E-state index is 12.8. The average molecular weight is 428 g/mol. The number of esters is 2. The van der Waals surface area contributed by atoms with Crippen LogP contribution in [-0.4, -0.2) is 51.9 Å². The molecule has 1 aliphatic heterocycles. The molecule has 0 radical (unpaired) electrons. The van der Waals surface area contributed by atoms with Crippen molar-refractivity contribution >= 4 is 46.9 Å². The van der Waals surface area contributed by atoms with Gasteiger partial charge in [-0.3, -0.25) is 19.7 Å². The van der Waals surface area contributed by atoms with Gasteiger partial charge in [0.15, 0.2) is 4.08 Å². The molecular formula is C18H21NO7S2. The van der Waals surface area contributed by atoms with Gasteiger partial charge in [0.2, 0.25) is 0 Å². The monoisotopic (exact) mass is 427 g/mol. The van der Waals surface area contributed by atoms with E-state index in [9.17, 15) is 24.5 Å². The van der Waals surface area contributed by atoms with Gasteiger partial charge in [-0.25, -0.2) is 4.79 Å². The molecule has 8 nitrogen and oxygen atoms in total. The van der Waals surface area contributed by atoms with Gasteiger partial charge < -0.3 is 9.47 Å². The van der Waals surface area contributed by atoms with Crippen LogP contribution in [0.4, 0.5) is 5.69 Å². The summed E-state index contributed by atoms with van der Waals surface area (Å²) in [7, 11) is 1.22. The lowest BCUT2D eigenvalue weighted by Crippen LogP contribution is -2.46. The van der Waals surface area contributed by atoms with Gasteiger partial charge in [0.05, 0.1) is 18.6 Å². The van der Waals surface area contributed by atoms with E-state index in [2.05, 4.69) is 0 Å². The molecule has 0 saturated carbocycles. The van der Waals surface area contributed by atoms with E-state index >= 15 is 0 Å². The molecule has 2 atom stereocenters. The fraction of sp³-hybridized carbons (Fsp3) is 0.500. The standard InChI is InChI=1S/C18H21NO7S2/c1-4-26-16(21)14(11(2)20)15(12-7-5-6-8-13(12)19(23)24)18(17(22)25-3)27-9-10-28-18/h5-8,14-15H,4,9-10H2,1-3H3. The Labute approximate surface area is 170 Å². The molecule has 1 saturated heterocycles. The van der Waals surface area contributed by atoms with Crippen LogP contribution >= 0.6 is 23.5 Å². The molecule has 28 heavy (non-hydrogen) atoms. The van der Waals surface area contributed by atoms with Crippen LogP contribution in [0, 0.1) is 16.0 Å². The quantitative estimate of drug-likeness (QED) is 0.267. The second kappa shape index (κ2) is 9.42. The summed E-state index contributed by atoms with van der Waals surface area (Å²) in [5, 5.41) is 11.6. The molecule has 0 N–H and O–H groups in total. The zero-order chi connectivity index (χ0) is 20.9. The summed E-state index contributed by atoms with van der Waals surface area (Å²) >= 11 is 2.47. The lowest BCUT2D eigenvalue weighted by Gasteiger charge is -2.36. The third-order valence-corrected chi connectivity index (χ3v) is 7.86. The summed E-state index contributed by atoms with van der Waals surface area (Å²) in [4.78, 5) is 49.1. The second-order valence-electron chi connectivity index (χ2n) is 5.99. The number of carbonyl (C=O) groups excluding carboxylic acids is 3. The molecule has 152 valence electrons. The lowest BCUT2D eigenvalue weighted by atomic mass is 9.79. The number of ketones is 1. The highest BCUT2D eigenvalue weighted by Gasteiger charge is 2.58. The Morgan fingerprint density at radius 2 is 1.86 bits per heavy atom. The first kappa shape index (κ1) is 22.2. The van der Waals surface area contributed by atoms with Gasteiger partial charge in [-0.1, -0.05) is 18.2 Å². The number of Topliss-reactive ketones (excluding diaryl/α,β-unsaturated/α-hetero) is 1. The van der Waals surface area contributed by atoms with Crippen LogP contribution in [0.2, 0.25) is 0 Å². The Balaban J connectivity index is 2.78. The number of rotatable bonds is 8. The molecule has 1 heterocycles. The first-order valence-electron chi connectivity index (χ1n) is 8.56. The van der Waals surface area contributed by atoms with Gasteiger partial charge in [-0.05, 0) is 13.8 Å². The van der Waals surface area contributed by atoms with Crippen LogP contribution in [0.5, 0.6) is 0 Å². The van der Waals surface area contributed by atoms with Crippen LogP contribution < -0.4 is 0 Å². The van der Waals surface area contributed by atoms with Gasteiger partial charge in [0, 0.05) is 29.1 Å². The number of hydrogen-bond donors (Lipinski definition) is 0. The number of para-hydroxylation sites is 1. The zero-order valence-corrected chi connectivity index (χ0v) is 17.3. The summed E-state index contributed by atoms with van der Waals surface area (Å²) in [6, 6.07) is 5.83. The van der Waals surface area contributed by atoms with E-state index in [1.165, 1.54) is 55.8 Å². The third kappa shape index (κ3) is 4.17. The molecular weight excluding hydrogens is 406 g/mol. The number of nitro groups is 1. The van der Waals surface area contributed by atoms with Crippen molar-refractivity contribution < 1.29 is 28.8 Å². The highest BCUT2D eigenvalue weighted by molar-refractivity contribution is 8.22. The molecule has 0 amide bonds. The molecule has 1 aromatic carbocycles. The smallest absolute Gasteiger partial charge is 0.332 e. The number of nitro benzene ring substituents is 1. The Morgan fingerprint density at radius 3 is 2.36 bits per heavy atom. The van der Waals surface area contributed by atoms with Crippen LogP contribution in [0.3, 0.4) is 0 Å². The summed E-state index contributed by atoms with van der Waals surface area (Å²) in [5.41, 5.74) is -0.132. The number of nitrogens with zero attached hydrogens (tertiary/aromatic N) is 1. The van der Waals surface area contributed by atoms with E-state index in [0.717, 1.165) is 0 Å². The Morgan fingerprint density at radius 1 is 1.25 bits per heavy atom. The lowest BCUT2D eigenvalue weighted by molar-refractivity contribution is -0.385. The summed E-state index contributed by atoms with van der Waals surface area (Å²) in [6.07, 6.45) is 0. The maximum Gasteiger partial charge on any atom is 0.332 e. The Hall–Kier alpha value is -2.07. The highest BCUT2D eigenvalue weighted by atomic mass is 32.2. The van der Waals surface area contributed by atoms with E-state index in [4.69, 9.17) is 9.47 Å². The topological polar surface area (TPSA) is 113 Å². The van der Waals surface area contributed by atoms with Gasteiger partial charge in [-0.2, -0.15) is 0 Å². The minimum absolute atomic E-state index is 0.0394. The van der Waals surface area contributed by atoms with Crippen molar-refractivity contribution in [2.45, 2.75) is 23.8 Å². The van der Waals surface area contributed by atoms with E-state index in [1.807, 2.05) is 0 Å². The minimum Gasteiger partial charge on any atom is -0.467 e. The van der Waals surface area contributed by atoms with Crippen molar-refractivity contribution in [1.82, 2.24) is 0 Å². The van der Waals surface area contributed by atoms with Crippen molar-refractivity contribution in [3.05, 3.63) is 39.9 Å². The van der Waals surface area contributed by atoms with Crippen LogP contribution in [0.15, 0.2) is 24.3 Å². The fourth-order valence-electron chi connectivity index (χ4n) is 3.28. The molecule has 1 aliphatic rings. The van der Waals surface area contributed by atoms with Gasteiger partial charge >= 0.3 is 11.9 Å². The molecule has 1 fully saturated rings. The van der Waals surface area contributed by atoms with E-state index in [1.54, 1.807) is 13.0 Å². The van der Waals surface area contributed by atoms with E-state index in [-0.39, 0.29) is 17.9 Å². The number of ether oxygens (including phenoxy) is 2. The van der Waals surface area contributed by atoms with Crippen molar-refractivity contribution in [3.8, 4) is 0 Å². The Kier molecular flexibility index (Phi) is 7.48. The van der Waals surface area contributed by atoms with Gasteiger partial charge in [0.25, 0.3) is 5.69 Å². The average Bonchev–Trinajstić information content (AvgIpc) is 3.15. The van der Waals surface area contributed by atoms with Crippen molar-refractivity contribution in [1.29, 1.82) is 0 Å². The van der Waals surface area contributed by atoms with E-state index < -0.39 is 38.6 Å². The van der Waals surface area contributed by atoms with Crippen LogP contribution in [-0.2, 0) is 23.9 Å². The molecule has 2 rings (SSSR count). The predicted molar refractivity (Wildman–Crippen MR) is 106 cm³/mol. The molecule has 0 spiro atoms. The second-order valence-corrected chi connectivity index (χ2v) is 8.93. The van der Waals surface area contributed by atoms with Gasteiger partial charge in [-0.15, -0.1) is 23.5 Å². The highest BCUT2D eigenvalue weighted by Crippen LogP contribution is 2.57. The number of hydrogen-bond acceptors (Lipinski definition) is 9. The fourth-order valence-corrected chi connectivity index (χ4v) is 6.68. The Bertz CT molecular complexity index is 777. The van der Waals surface area contributed by atoms with Crippen molar-refractivity contribution in [3.63, 3.8) is 0 Å². The molecule has 1 aromatic rings. The van der Waals surface area contributed by atoms with Crippen molar-refractivity contribution in [2.24, 2.45) is 5.92 Å². The largest absolute Gasteiger partial charge is 0.467 e. The van der Waals surface area contributed by atoms with Crippen LogP contribution in [0.25, 0.3) is 0 Å². The first-order chi connectivity index (χ1) is 13.3. The maximum atomic E-state index is 12.8.